The van der Waals surface area contributed by atoms with Gasteiger partial charge in [-0.25, -0.2) is 5.10 Å². The highest BCUT2D eigenvalue weighted by atomic mass is 16.2. The molecule has 3 saturated heterocycles. The average Bonchev–Trinajstić information content (AvgIpc) is 3.57. The fourth-order valence-electron chi connectivity index (χ4n) is 5.17. The Hall–Kier alpha value is -3.32. The molecule has 5 rings (SSSR count). The molecule has 3 aliphatic heterocycles. The summed E-state index contributed by atoms with van der Waals surface area (Å²) in [7, 11) is 0. The molecule has 2 bridgehead atoms. The van der Waals surface area contributed by atoms with Crippen molar-refractivity contribution in [1.82, 2.24) is 30.4 Å². The third-order valence-electron chi connectivity index (χ3n) is 6.63. The van der Waals surface area contributed by atoms with Gasteiger partial charge < -0.3 is 9.80 Å². The van der Waals surface area contributed by atoms with Crippen LogP contribution in [0.2, 0.25) is 0 Å². The van der Waals surface area contributed by atoms with Gasteiger partial charge in [0.25, 0.3) is 0 Å². The van der Waals surface area contributed by atoms with E-state index >= 15 is 0 Å². The van der Waals surface area contributed by atoms with Gasteiger partial charge in [-0.3, -0.25) is 14.5 Å². The van der Waals surface area contributed by atoms with Crippen molar-refractivity contribution in [2.75, 3.05) is 24.5 Å². The Balaban J connectivity index is 1.27. The number of hydrogen-bond donors (Lipinski definition) is 1. The number of carbonyl (C=O) groups is 2. The van der Waals surface area contributed by atoms with Gasteiger partial charge in [0.1, 0.15) is 6.04 Å². The van der Waals surface area contributed by atoms with Gasteiger partial charge in [0.15, 0.2) is 5.82 Å². The summed E-state index contributed by atoms with van der Waals surface area (Å²) in [6.45, 7) is 3.83. The van der Waals surface area contributed by atoms with Crippen LogP contribution >= 0.6 is 0 Å². The van der Waals surface area contributed by atoms with Crippen LogP contribution in [-0.2, 0) is 9.59 Å². The summed E-state index contributed by atoms with van der Waals surface area (Å²) >= 11 is 0. The number of likely N-dealkylation sites (tertiary alicyclic amines) is 2. The third-order valence-corrected chi connectivity index (χ3v) is 6.63. The minimum atomic E-state index is -0.311. The van der Waals surface area contributed by atoms with Crippen molar-refractivity contribution in [3.63, 3.8) is 0 Å². The molecule has 1 aromatic heterocycles. The lowest BCUT2D eigenvalue weighted by molar-refractivity contribution is -0.136. The van der Waals surface area contributed by atoms with Gasteiger partial charge in [-0.1, -0.05) is 19.1 Å². The first-order chi connectivity index (χ1) is 15.1. The molecule has 4 atom stereocenters. The lowest BCUT2D eigenvalue weighted by atomic mass is 10.1. The number of hydrogen-bond acceptors (Lipinski definition) is 7. The summed E-state index contributed by atoms with van der Waals surface area (Å²) in [4.78, 5) is 31.7. The molecular weight excluding hydrogens is 396 g/mol. The number of aromatic nitrogens is 4. The van der Waals surface area contributed by atoms with Crippen molar-refractivity contribution < 1.29 is 9.59 Å². The molecule has 4 heterocycles. The second-order valence-corrected chi connectivity index (χ2v) is 8.59. The normalized spacial score (nSPS) is 26.5. The molecule has 0 radical (unpaired) electrons. The predicted octanol–water partition coefficient (Wildman–Crippen LogP) is 0.807. The number of fused-ring (bicyclic) bond motifs is 2. The van der Waals surface area contributed by atoms with Crippen LogP contribution in [-0.4, -0.2) is 80.0 Å². The van der Waals surface area contributed by atoms with E-state index in [1.165, 1.54) is 0 Å². The number of aromatic amines is 1. The number of tetrazole rings is 1. The minimum absolute atomic E-state index is 0.0181. The molecule has 2 aromatic rings. The molecule has 1 N–H and O–H groups in total. The van der Waals surface area contributed by atoms with E-state index in [2.05, 4.69) is 31.6 Å². The van der Waals surface area contributed by atoms with E-state index in [4.69, 9.17) is 0 Å². The van der Waals surface area contributed by atoms with Crippen LogP contribution in [0, 0.1) is 17.2 Å². The van der Waals surface area contributed by atoms with E-state index in [1.54, 1.807) is 4.90 Å². The van der Waals surface area contributed by atoms with Gasteiger partial charge in [-0.15, -0.1) is 5.10 Å². The standard InChI is InChI=1S/C21H24N8O2/c1-13(20(30)28-7-3-6-16(28)10-22)11-27-12-17-9-18(27)21(31)29(17)15-5-2-4-14(8-15)19-23-25-26-24-19/h2,4-5,8,13,16-18H,3,6-7,9,11-12H2,1H3,(H,23,24,25,26)/t13-,16-,17-,18-/m0/s1. The Bertz CT molecular complexity index is 1030. The molecule has 0 spiro atoms. The quantitative estimate of drug-likeness (QED) is 0.759. The van der Waals surface area contributed by atoms with Crippen molar-refractivity contribution in [1.29, 1.82) is 5.26 Å². The summed E-state index contributed by atoms with van der Waals surface area (Å²) in [5, 5.41) is 23.2. The molecule has 31 heavy (non-hydrogen) atoms. The van der Waals surface area contributed by atoms with Crippen molar-refractivity contribution in [2.24, 2.45) is 5.92 Å². The number of carbonyl (C=O) groups excluding carboxylic acids is 2. The van der Waals surface area contributed by atoms with Crippen LogP contribution in [0.15, 0.2) is 24.3 Å². The highest BCUT2D eigenvalue weighted by molar-refractivity contribution is 6.01. The van der Waals surface area contributed by atoms with Gasteiger partial charge in [-0.05, 0) is 41.8 Å². The van der Waals surface area contributed by atoms with E-state index in [0.717, 1.165) is 37.1 Å². The van der Waals surface area contributed by atoms with E-state index in [0.29, 0.717) is 18.9 Å². The number of anilines is 1. The molecule has 160 valence electrons. The van der Waals surface area contributed by atoms with Crippen LogP contribution in [0.5, 0.6) is 0 Å². The molecule has 3 aliphatic rings. The maximum absolute atomic E-state index is 13.2. The van der Waals surface area contributed by atoms with Crippen molar-refractivity contribution in [3.05, 3.63) is 24.3 Å². The first-order valence-electron chi connectivity index (χ1n) is 10.7. The Kier molecular flexibility index (Phi) is 4.90. The third kappa shape index (κ3) is 3.35. The number of piperazine rings is 1. The molecule has 0 aliphatic carbocycles. The zero-order chi connectivity index (χ0) is 21.5. The second-order valence-electron chi connectivity index (χ2n) is 8.59. The zero-order valence-corrected chi connectivity index (χ0v) is 17.3. The van der Waals surface area contributed by atoms with Crippen LogP contribution in [0.1, 0.15) is 26.2 Å². The molecular formula is C21H24N8O2. The lowest BCUT2D eigenvalue weighted by Crippen LogP contribution is -2.52. The highest BCUT2D eigenvalue weighted by Gasteiger charge is 2.50. The Morgan fingerprint density at radius 2 is 2.29 bits per heavy atom. The van der Waals surface area contributed by atoms with Gasteiger partial charge >= 0.3 is 0 Å². The van der Waals surface area contributed by atoms with Gasteiger partial charge in [-0.2, -0.15) is 5.26 Å². The van der Waals surface area contributed by atoms with Crippen molar-refractivity contribution in [3.8, 4) is 17.5 Å². The number of amides is 2. The fourth-order valence-corrected chi connectivity index (χ4v) is 5.17. The smallest absolute Gasteiger partial charge is 0.244 e. The predicted molar refractivity (Wildman–Crippen MR) is 110 cm³/mol. The van der Waals surface area contributed by atoms with Crippen LogP contribution < -0.4 is 4.90 Å². The summed E-state index contributed by atoms with van der Waals surface area (Å²) in [5.41, 5.74) is 1.66. The Morgan fingerprint density at radius 3 is 3.03 bits per heavy atom. The van der Waals surface area contributed by atoms with Crippen LogP contribution in [0.25, 0.3) is 11.4 Å². The van der Waals surface area contributed by atoms with E-state index in [1.807, 2.05) is 36.1 Å². The minimum Gasteiger partial charge on any atom is -0.326 e. The number of rotatable bonds is 5. The van der Waals surface area contributed by atoms with E-state index in [9.17, 15) is 14.9 Å². The fraction of sp³-hybridized carbons (Fsp3) is 0.524. The van der Waals surface area contributed by atoms with Gasteiger partial charge in [0.2, 0.25) is 11.8 Å². The van der Waals surface area contributed by atoms with Gasteiger partial charge in [0, 0.05) is 36.8 Å². The van der Waals surface area contributed by atoms with E-state index in [-0.39, 0.29) is 35.9 Å². The number of H-pyrrole nitrogens is 1. The first-order valence-corrected chi connectivity index (χ1v) is 10.7. The van der Waals surface area contributed by atoms with Crippen LogP contribution in [0.3, 0.4) is 0 Å². The molecule has 3 fully saturated rings. The largest absolute Gasteiger partial charge is 0.326 e. The SMILES string of the molecule is C[C@@H](CN1C[C@@H]2C[C@H]1C(=O)N2c1cccc(-c2nnn[nH]2)c1)C(=O)N1CCC[C@H]1C#N. The Labute approximate surface area is 179 Å². The first kappa shape index (κ1) is 19.6. The van der Waals surface area contributed by atoms with Crippen LogP contribution in [0.4, 0.5) is 5.69 Å². The molecule has 0 saturated carbocycles. The summed E-state index contributed by atoms with van der Waals surface area (Å²) in [5.74, 6) is 0.409. The topological polar surface area (TPSA) is 122 Å². The zero-order valence-electron chi connectivity index (χ0n) is 17.3. The molecule has 0 unspecified atom stereocenters. The molecule has 2 amide bonds. The molecule has 10 heteroatoms. The van der Waals surface area contributed by atoms with E-state index < -0.39 is 0 Å². The number of benzene rings is 1. The highest BCUT2D eigenvalue weighted by Crippen LogP contribution is 2.37. The maximum Gasteiger partial charge on any atom is 0.244 e. The lowest BCUT2D eigenvalue weighted by Gasteiger charge is -2.35. The Morgan fingerprint density at radius 1 is 1.42 bits per heavy atom. The van der Waals surface area contributed by atoms with Gasteiger partial charge in [0.05, 0.1) is 18.2 Å². The summed E-state index contributed by atoms with van der Waals surface area (Å²) < 4.78 is 0. The monoisotopic (exact) mass is 420 g/mol. The summed E-state index contributed by atoms with van der Waals surface area (Å²) in [6, 6.07) is 9.45. The summed E-state index contributed by atoms with van der Waals surface area (Å²) in [6.07, 6.45) is 2.39. The number of nitrogens with zero attached hydrogens (tertiary/aromatic N) is 7. The van der Waals surface area contributed by atoms with Crippen molar-refractivity contribution >= 4 is 17.5 Å². The maximum atomic E-state index is 13.2. The average molecular weight is 420 g/mol. The molecule has 1 aromatic carbocycles. The second kappa shape index (κ2) is 7.74. The number of nitrogens with one attached hydrogen (secondary N) is 1. The van der Waals surface area contributed by atoms with Crippen molar-refractivity contribution in [2.45, 2.75) is 44.3 Å². The number of nitriles is 1. The molecule has 10 nitrogen and oxygen atoms in total.